The lowest BCUT2D eigenvalue weighted by Crippen LogP contribution is -2.55. The molecule has 26 heavy (non-hydrogen) atoms. The van der Waals surface area contributed by atoms with E-state index in [-0.39, 0.29) is 17.4 Å². The van der Waals surface area contributed by atoms with E-state index in [0.29, 0.717) is 22.1 Å². The fourth-order valence-corrected chi connectivity index (χ4v) is 6.48. The van der Waals surface area contributed by atoms with Gasteiger partial charge in [-0.15, -0.1) is 0 Å². The van der Waals surface area contributed by atoms with Crippen molar-refractivity contribution in [2.75, 3.05) is 14.2 Å². The zero-order valence-corrected chi connectivity index (χ0v) is 16.6. The van der Waals surface area contributed by atoms with Gasteiger partial charge >= 0.3 is 0 Å². The molecule has 0 aromatic heterocycles. The van der Waals surface area contributed by atoms with Crippen LogP contribution in [0.1, 0.15) is 55.8 Å². The fourth-order valence-electron chi connectivity index (χ4n) is 6.19. The molecule has 4 bridgehead atoms. The Morgan fingerprint density at radius 3 is 2.19 bits per heavy atom. The first-order valence-electron chi connectivity index (χ1n) is 9.66. The average Bonchev–Trinajstić information content (AvgIpc) is 2.59. The number of carbonyl (C=O) groups is 1. The molecule has 0 radical (unpaired) electrons. The Kier molecular flexibility index (Phi) is 4.58. The molecule has 0 saturated heterocycles. The lowest BCUT2D eigenvalue weighted by Gasteiger charge is -2.59. The average molecular weight is 378 g/mol. The number of nitrogens with one attached hydrogen (secondary N) is 1. The van der Waals surface area contributed by atoms with Crippen LogP contribution in [0.15, 0.2) is 12.1 Å². The molecular formula is C21H28ClNO3. The van der Waals surface area contributed by atoms with E-state index in [2.05, 4.69) is 12.2 Å². The topological polar surface area (TPSA) is 47.6 Å². The van der Waals surface area contributed by atoms with E-state index >= 15 is 0 Å². The molecule has 142 valence electrons. The van der Waals surface area contributed by atoms with Crippen molar-refractivity contribution in [1.29, 1.82) is 0 Å². The third kappa shape index (κ3) is 2.96. The van der Waals surface area contributed by atoms with Gasteiger partial charge in [-0.3, -0.25) is 4.79 Å². The Morgan fingerprint density at radius 2 is 1.69 bits per heavy atom. The number of rotatable bonds is 5. The van der Waals surface area contributed by atoms with E-state index in [1.807, 2.05) is 0 Å². The minimum Gasteiger partial charge on any atom is -0.493 e. The summed E-state index contributed by atoms with van der Waals surface area (Å²) in [5.74, 6) is 3.46. The van der Waals surface area contributed by atoms with Gasteiger partial charge in [0.2, 0.25) is 0 Å². The number of hydrogen-bond donors (Lipinski definition) is 1. The van der Waals surface area contributed by atoms with Crippen LogP contribution in [-0.2, 0) is 0 Å². The number of benzene rings is 1. The molecule has 5 rings (SSSR count). The summed E-state index contributed by atoms with van der Waals surface area (Å²) in [4.78, 5) is 12.9. The van der Waals surface area contributed by atoms with Gasteiger partial charge in [-0.25, -0.2) is 0 Å². The number of amides is 1. The van der Waals surface area contributed by atoms with Gasteiger partial charge in [-0.05, 0) is 80.8 Å². The molecule has 0 heterocycles. The number of carbonyl (C=O) groups excluding carboxylic acids is 1. The molecule has 1 atom stereocenters. The number of halogens is 1. The van der Waals surface area contributed by atoms with Crippen LogP contribution in [0, 0.1) is 23.2 Å². The highest BCUT2D eigenvalue weighted by molar-refractivity contribution is 6.32. The fraction of sp³-hybridized carbons (Fsp3) is 0.667. The molecule has 4 aliphatic carbocycles. The summed E-state index contributed by atoms with van der Waals surface area (Å²) in [7, 11) is 3.09. The lowest BCUT2D eigenvalue weighted by molar-refractivity contribution is -0.0688. The van der Waals surface area contributed by atoms with Crippen molar-refractivity contribution >= 4 is 17.5 Å². The summed E-state index contributed by atoms with van der Waals surface area (Å²) in [6.07, 6.45) is 8.04. The van der Waals surface area contributed by atoms with Gasteiger partial charge in [0.1, 0.15) is 0 Å². The van der Waals surface area contributed by atoms with E-state index in [1.165, 1.54) is 38.5 Å². The molecule has 1 N–H and O–H groups in total. The van der Waals surface area contributed by atoms with E-state index in [4.69, 9.17) is 21.1 Å². The maximum atomic E-state index is 12.9. The highest BCUT2D eigenvalue weighted by atomic mass is 35.5. The van der Waals surface area contributed by atoms with Crippen LogP contribution in [0.4, 0.5) is 0 Å². The molecule has 4 aliphatic rings. The van der Waals surface area contributed by atoms with Gasteiger partial charge in [0, 0.05) is 11.6 Å². The Bertz CT molecular complexity index is 682. The molecule has 0 aliphatic heterocycles. The van der Waals surface area contributed by atoms with Crippen molar-refractivity contribution in [3.05, 3.63) is 22.7 Å². The zero-order chi connectivity index (χ0) is 18.5. The summed E-state index contributed by atoms with van der Waals surface area (Å²) < 4.78 is 10.6. The van der Waals surface area contributed by atoms with Gasteiger partial charge < -0.3 is 14.8 Å². The highest BCUT2D eigenvalue weighted by Crippen LogP contribution is 2.61. The van der Waals surface area contributed by atoms with E-state index < -0.39 is 0 Å². The minimum absolute atomic E-state index is 0.0869. The molecule has 4 nitrogen and oxygen atoms in total. The second kappa shape index (κ2) is 6.63. The SMILES string of the molecule is COc1cc(C(=O)NC(C)C23CC4CC(CC(C4)C2)C3)cc(Cl)c1OC. The first-order chi connectivity index (χ1) is 12.4. The molecular weight excluding hydrogens is 350 g/mol. The maximum absolute atomic E-state index is 12.9. The predicted molar refractivity (Wildman–Crippen MR) is 102 cm³/mol. The van der Waals surface area contributed by atoms with Gasteiger partial charge in [0.05, 0.1) is 19.2 Å². The number of methoxy groups -OCH3 is 2. The van der Waals surface area contributed by atoms with Crippen molar-refractivity contribution in [3.8, 4) is 11.5 Å². The van der Waals surface area contributed by atoms with Crippen LogP contribution in [0.2, 0.25) is 5.02 Å². The van der Waals surface area contributed by atoms with Crippen LogP contribution in [0.25, 0.3) is 0 Å². The van der Waals surface area contributed by atoms with Crippen molar-refractivity contribution in [3.63, 3.8) is 0 Å². The van der Waals surface area contributed by atoms with Crippen LogP contribution in [0.3, 0.4) is 0 Å². The number of hydrogen-bond acceptors (Lipinski definition) is 3. The summed E-state index contributed by atoms with van der Waals surface area (Å²) in [5, 5.41) is 3.66. The Morgan fingerprint density at radius 1 is 1.12 bits per heavy atom. The predicted octanol–water partition coefficient (Wildman–Crippen LogP) is 4.69. The Balaban J connectivity index is 1.52. The summed E-state index contributed by atoms with van der Waals surface area (Å²) in [6.45, 7) is 2.19. The second-order valence-corrected chi connectivity index (χ2v) is 9.08. The lowest BCUT2D eigenvalue weighted by atomic mass is 9.48. The second-order valence-electron chi connectivity index (χ2n) is 8.67. The monoisotopic (exact) mass is 377 g/mol. The van der Waals surface area contributed by atoms with Gasteiger partial charge in [-0.2, -0.15) is 0 Å². The third-order valence-electron chi connectivity index (χ3n) is 7.05. The number of ether oxygens (including phenoxy) is 2. The summed E-state index contributed by atoms with van der Waals surface area (Å²) >= 11 is 6.27. The van der Waals surface area contributed by atoms with Crippen molar-refractivity contribution < 1.29 is 14.3 Å². The maximum Gasteiger partial charge on any atom is 0.251 e. The van der Waals surface area contributed by atoms with Gasteiger partial charge in [-0.1, -0.05) is 11.6 Å². The quantitative estimate of drug-likeness (QED) is 0.809. The molecule has 1 unspecified atom stereocenters. The Hall–Kier alpha value is -1.42. The molecule has 4 fully saturated rings. The molecule has 1 aromatic rings. The summed E-state index contributed by atoms with van der Waals surface area (Å²) in [5.41, 5.74) is 0.800. The first-order valence-corrected chi connectivity index (χ1v) is 10.0. The van der Waals surface area contributed by atoms with Crippen LogP contribution in [-0.4, -0.2) is 26.2 Å². The third-order valence-corrected chi connectivity index (χ3v) is 7.33. The molecule has 1 aromatic carbocycles. The molecule has 5 heteroatoms. The van der Waals surface area contributed by atoms with Crippen molar-refractivity contribution in [2.24, 2.45) is 23.2 Å². The van der Waals surface area contributed by atoms with E-state index in [0.717, 1.165) is 17.8 Å². The standard InChI is InChI=1S/C21H28ClNO3/c1-12(21-9-13-4-14(10-21)6-15(5-13)11-21)23-20(24)16-7-17(22)19(26-3)18(8-16)25-2/h7-8,12-15H,4-6,9-11H2,1-3H3,(H,23,24). The minimum atomic E-state index is -0.0869. The van der Waals surface area contributed by atoms with E-state index in [1.54, 1.807) is 26.4 Å². The van der Waals surface area contributed by atoms with Gasteiger partial charge in [0.25, 0.3) is 5.91 Å². The van der Waals surface area contributed by atoms with Crippen LogP contribution >= 0.6 is 11.6 Å². The largest absolute Gasteiger partial charge is 0.493 e. The summed E-state index contributed by atoms with van der Waals surface area (Å²) in [6, 6.07) is 3.53. The smallest absolute Gasteiger partial charge is 0.251 e. The zero-order valence-electron chi connectivity index (χ0n) is 15.8. The van der Waals surface area contributed by atoms with Crippen molar-refractivity contribution in [1.82, 2.24) is 5.32 Å². The van der Waals surface area contributed by atoms with E-state index in [9.17, 15) is 4.79 Å². The molecule has 4 saturated carbocycles. The van der Waals surface area contributed by atoms with Gasteiger partial charge in [0.15, 0.2) is 11.5 Å². The highest BCUT2D eigenvalue weighted by Gasteiger charge is 2.53. The van der Waals surface area contributed by atoms with Crippen LogP contribution in [0.5, 0.6) is 11.5 Å². The van der Waals surface area contributed by atoms with Crippen LogP contribution < -0.4 is 14.8 Å². The normalized spacial score (nSPS) is 33.0. The first kappa shape index (κ1) is 18.0. The molecule has 1 amide bonds. The Labute approximate surface area is 160 Å². The molecule has 0 spiro atoms. The van der Waals surface area contributed by atoms with Crippen molar-refractivity contribution in [2.45, 2.75) is 51.5 Å².